The summed E-state index contributed by atoms with van der Waals surface area (Å²) in [6, 6.07) is 0. The second-order valence-electron chi connectivity index (χ2n) is 4.08. The van der Waals surface area contributed by atoms with Gasteiger partial charge in [0, 0.05) is 0 Å². The molecule has 0 bridgehead atoms. The number of rotatable bonds is 10. The van der Waals surface area contributed by atoms with Gasteiger partial charge in [-0.1, -0.05) is 58.5 Å². The summed E-state index contributed by atoms with van der Waals surface area (Å²) in [4.78, 5) is 0. The summed E-state index contributed by atoms with van der Waals surface area (Å²) < 4.78 is 0.527. The van der Waals surface area contributed by atoms with E-state index in [4.69, 9.17) is 0 Å². The fourth-order valence-corrected chi connectivity index (χ4v) is 5.04. The summed E-state index contributed by atoms with van der Waals surface area (Å²) in [6.45, 7) is 4.61. The Morgan fingerprint density at radius 2 is 1.33 bits per heavy atom. The number of hydrogen-bond donors (Lipinski definition) is 0. The van der Waals surface area contributed by atoms with Gasteiger partial charge in [0.15, 0.2) is 0 Å². The molecule has 0 nitrogen and oxygen atoms in total. The van der Waals surface area contributed by atoms with Crippen molar-refractivity contribution in [2.24, 2.45) is 0 Å². The number of hydrogen-bond acceptors (Lipinski definition) is 0. The smallest absolute Gasteiger partial charge is 0.0698 e. The van der Waals surface area contributed by atoms with Crippen LogP contribution in [0.5, 0.6) is 0 Å². The zero-order valence-electron chi connectivity index (χ0n) is 10.1. The monoisotopic (exact) mass is 358 g/mol. The summed E-state index contributed by atoms with van der Waals surface area (Å²) >= 11 is 7.11. The van der Waals surface area contributed by atoms with Crippen molar-refractivity contribution < 1.29 is 0 Å². The van der Waals surface area contributed by atoms with Gasteiger partial charge in [-0.2, -0.15) is 0 Å². The van der Waals surface area contributed by atoms with Crippen LogP contribution in [0.2, 0.25) is 0 Å². The van der Waals surface area contributed by atoms with E-state index in [9.17, 15) is 0 Å². The van der Waals surface area contributed by atoms with Gasteiger partial charge in [0.1, 0.15) is 0 Å². The average molecular weight is 360 g/mol. The summed E-state index contributed by atoms with van der Waals surface area (Å²) in [7, 11) is 0.355. The van der Waals surface area contributed by atoms with Crippen molar-refractivity contribution in [2.45, 2.75) is 56.1 Å². The standard InChI is InChI=1S/C12H25Br2P/c1-3-5-9-15(10-6-4-2)11-7-8-12(13)14/h12H,3-11H2,1-2H3. The van der Waals surface area contributed by atoms with E-state index in [1.54, 1.807) is 0 Å². The van der Waals surface area contributed by atoms with Crippen LogP contribution < -0.4 is 0 Å². The lowest BCUT2D eigenvalue weighted by atomic mass is 10.4. The van der Waals surface area contributed by atoms with E-state index in [0.717, 1.165) is 0 Å². The van der Waals surface area contributed by atoms with E-state index in [-0.39, 0.29) is 0 Å². The highest BCUT2D eigenvalue weighted by Gasteiger charge is 2.07. The third kappa shape index (κ3) is 11.6. The average Bonchev–Trinajstić information content (AvgIpc) is 2.20. The van der Waals surface area contributed by atoms with Crippen LogP contribution in [0.3, 0.4) is 0 Å². The third-order valence-electron chi connectivity index (χ3n) is 2.55. The molecule has 0 spiro atoms. The molecule has 92 valence electrons. The normalized spacial score (nSPS) is 11.6. The fraction of sp³-hybridized carbons (Fsp3) is 1.00. The molecule has 0 aliphatic rings. The van der Waals surface area contributed by atoms with Crippen molar-refractivity contribution in [1.29, 1.82) is 0 Å². The van der Waals surface area contributed by atoms with Crippen molar-refractivity contribution in [3.63, 3.8) is 0 Å². The maximum absolute atomic E-state index is 3.55. The van der Waals surface area contributed by atoms with Crippen molar-refractivity contribution in [2.75, 3.05) is 18.5 Å². The Kier molecular flexibility index (Phi) is 13.0. The van der Waals surface area contributed by atoms with Crippen LogP contribution in [-0.4, -0.2) is 22.2 Å². The summed E-state index contributed by atoms with van der Waals surface area (Å²) in [5, 5.41) is 0. The van der Waals surface area contributed by atoms with Gasteiger partial charge >= 0.3 is 0 Å². The molecule has 0 N–H and O–H groups in total. The van der Waals surface area contributed by atoms with Crippen LogP contribution in [0.1, 0.15) is 52.4 Å². The Hall–Kier alpha value is 1.39. The van der Waals surface area contributed by atoms with Crippen LogP contribution in [0.4, 0.5) is 0 Å². The molecule has 0 aliphatic heterocycles. The molecule has 3 heteroatoms. The zero-order chi connectivity index (χ0) is 11.5. The molecule has 0 amide bonds. The van der Waals surface area contributed by atoms with Crippen molar-refractivity contribution in [3.8, 4) is 0 Å². The first-order valence-corrected chi connectivity index (χ1v) is 9.94. The van der Waals surface area contributed by atoms with Gasteiger partial charge in [0.05, 0.1) is 3.74 Å². The molecular weight excluding hydrogens is 335 g/mol. The molecular formula is C12H25Br2P. The van der Waals surface area contributed by atoms with Gasteiger partial charge in [0.2, 0.25) is 0 Å². The van der Waals surface area contributed by atoms with E-state index >= 15 is 0 Å². The first-order valence-electron chi connectivity index (χ1n) is 6.21. The Morgan fingerprint density at radius 3 is 1.73 bits per heavy atom. The molecule has 0 radical (unpaired) electrons. The Labute approximate surface area is 114 Å². The van der Waals surface area contributed by atoms with Crippen LogP contribution >= 0.6 is 39.8 Å². The van der Waals surface area contributed by atoms with E-state index in [1.807, 2.05) is 0 Å². The summed E-state index contributed by atoms with van der Waals surface area (Å²) in [5.41, 5.74) is 0. The maximum Gasteiger partial charge on any atom is 0.0698 e. The molecule has 0 aromatic heterocycles. The van der Waals surface area contributed by atoms with E-state index < -0.39 is 0 Å². The van der Waals surface area contributed by atoms with Crippen LogP contribution in [0.25, 0.3) is 0 Å². The second kappa shape index (κ2) is 11.9. The van der Waals surface area contributed by atoms with Crippen molar-refractivity contribution in [1.82, 2.24) is 0 Å². The molecule has 0 aliphatic carbocycles. The number of halogens is 2. The Morgan fingerprint density at radius 1 is 0.867 bits per heavy atom. The molecule has 0 atom stereocenters. The van der Waals surface area contributed by atoms with Crippen molar-refractivity contribution >= 4 is 39.8 Å². The quantitative estimate of drug-likeness (QED) is 0.333. The molecule has 0 saturated carbocycles. The van der Waals surface area contributed by atoms with Crippen molar-refractivity contribution in [3.05, 3.63) is 0 Å². The van der Waals surface area contributed by atoms with E-state index in [1.165, 1.54) is 57.0 Å². The van der Waals surface area contributed by atoms with Gasteiger partial charge in [-0.15, -0.1) is 7.92 Å². The minimum absolute atomic E-state index is 0.355. The first kappa shape index (κ1) is 16.4. The molecule has 0 aromatic carbocycles. The SMILES string of the molecule is CCCCP(CCCC)CCCC(Br)Br. The van der Waals surface area contributed by atoms with Gasteiger partial charge in [-0.05, 0) is 44.2 Å². The fourth-order valence-electron chi connectivity index (χ4n) is 1.57. The number of alkyl halides is 2. The second-order valence-corrected chi connectivity index (χ2v) is 10.2. The van der Waals surface area contributed by atoms with Crippen LogP contribution in [0.15, 0.2) is 0 Å². The lowest BCUT2D eigenvalue weighted by molar-refractivity contribution is 0.846. The van der Waals surface area contributed by atoms with Gasteiger partial charge < -0.3 is 0 Å². The summed E-state index contributed by atoms with van der Waals surface area (Å²) in [6.07, 6.45) is 12.8. The predicted molar refractivity (Wildman–Crippen MR) is 82.2 cm³/mol. The lowest BCUT2D eigenvalue weighted by Crippen LogP contribution is -1.97. The third-order valence-corrected chi connectivity index (χ3v) is 6.31. The van der Waals surface area contributed by atoms with Gasteiger partial charge in [-0.25, -0.2) is 0 Å². The van der Waals surface area contributed by atoms with Crippen LogP contribution in [-0.2, 0) is 0 Å². The molecule has 0 saturated heterocycles. The highest BCUT2D eigenvalue weighted by molar-refractivity contribution is 9.24. The molecule has 0 aromatic rings. The summed E-state index contributed by atoms with van der Waals surface area (Å²) in [5.74, 6) is 0. The topological polar surface area (TPSA) is 0 Å². The highest BCUT2D eigenvalue weighted by atomic mass is 79.9. The number of unbranched alkanes of at least 4 members (excludes halogenated alkanes) is 2. The van der Waals surface area contributed by atoms with E-state index in [2.05, 4.69) is 45.7 Å². The largest absolute Gasteiger partial charge is 0.107 e. The molecule has 0 unspecified atom stereocenters. The minimum atomic E-state index is 0.355. The van der Waals surface area contributed by atoms with Gasteiger partial charge in [0.25, 0.3) is 0 Å². The zero-order valence-corrected chi connectivity index (χ0v) is 14.2. The minimum Gasteiger partial charge on any atom is -0.107 e. The molecule has 0 rings (SSSR count). The maximum atomic E-state index is 3.55. The van der Waals surface area contributed by atoms with Gasteiger partial charge in [-0.3, -0.25) is 0 Å². The highest BCUT2D eigenvalue weighted by Crippen LogP contribution is 2.39. The molecule has 15 heavy (non-hydrogen) atoms. The molecule has 0 heterocycles. The first-order chi connectivity index (χ1) is 7.20. The molecule has 0 fully saturated rings. The Balaban J connectivity index is 3.58. The van der Waals surface area contributed by atoms with E-state index in [0.29, 0.717) is 11.7 Å². The predicted octanol–water partition coefficient (Wildman–Crippen LogP) is 5.96. The Bertz CT molecular complexity index is 121. The lowest BCUT2D eigenvalue weighted by Gasteiger charge is -2.17. The van der Waals surface area contributed by atoms with Crippen LogP contribution in [0, 0.1) is 0 Å².